The minimum absolute atomic E-state index is 0.832. The lowest BCUT2D eigenvalue weighted by Gasteiger charge is -1.93. The number of hydrogen-bond acceptors (Lipinski definition) is 7. The molecule has 0 N–H and O–H groups in total. The predicted octanol–water partition coefficient (Wildman–Crippen LogP) is 13.4. The van der Waals surface area contributed by atoms with Crippen molar-refractivity contribution in [2.24, 2.45) is 0 Å². The summed E-state index contributed by atoms with van der Waals surface area (Å²) in [6, 6.07) is 30.5. The third-order valence-electron chi connectivity index (χ3n) is 5.63. The van der Waals surface area contributed by atoms with E-state index >= 15 is 0 Å². The van der Waals surface area contributed by atoms with Gasteiger partial charge in [-0.05, 0) is 84.9 Å². The summed E-state index contributed by atoms with van der Waals surface area (Å²) in [5.74, 6) is 0. The summed E-state index contributed by atoms with van der Waals surface area (Å²) in [4.78, 5) is 15.5. The first-order chi connectivity index (χ1) is 18.1. The molecule has 0 aliphatic rings. The Bertz CT molecular complexity index is 1700. The van der Waals surface area contributed by atoms with Crippen LogP contribution in [0.5, 0.6) is 0 Å². The number of rotatable bonds is 6. The van der Waals surface area contributed by atoms with Crippen LogP contribution in [0.25, 0.3) is 58.5 Å². The van der Waals surface area contributed by atoms with Crippen molar-refractivity contribution in [3.8, 4) is 58.5 Å². The van der Waals surface area contributed by atoms with Crippen LogP contribution in [0, 0.1) is 0 Å². The van der Waals surface area contributed by atoms with Gasteiger partial charge in [-0.2, -0.15) is 0 Å². The molecule has 182 valence electrons. The zero-order valence-corrected chi connectivity index (χ0v) is 25.9. The molecule has 0 spiro atoms. The summed E-state index contributed by atoms with van der Waals surface area (Å²) < 4.78 is 1.66. The van der Waals surface area contributed by atoms with E-state index in [2.05, 4.69) is 72.8 Å². The van der Waals surface area contributed by atoms with Crippen LogP contribution >= 0.6 is 103 Å². The summed E-state index contributed by atoms with van der Waals surface area (Å²) in [5, 5.41) is 0. The van der Waals surface area contributed by atoms with E-state index in [-0.39, 0.29) is 0 Å². The summed E-state index contributed by atoms with van der Waals surface area (Å²) in [7, 11) is 0. The molecule has 0 fully saturated rings. The molecule has 7 aromatic rings. The highest BCUT2D eigenvalue weighted by atomic mass is 35.5. The van der Waals surface area contributed by atoms with Crippen molar-refractivity contribution < 1.29 is 0 Å². The van der Waals surface area contributed by atoms with E-state index < -0.39 is 0 Å². The molecule has 7 rings (SSSR count). The Hall–Kier alpha value is -1.52. The van der Waals surface area contributed by atoms with Gasteiger partial charge >= 0.3 is 0 Å². The zero-order chi connectivity index (χ0) is 24.9. The van der Waals surface area contributed by atoms with Gasteiger partial charge in [-0.15, -0.1) is 79.4 Å². The predicted molar refractivity (Wildman–Crippen MR) is 174 cm³/mol. The van der Waals surface area contributed by atoms with Crippen LogP contribution in [-0.4, -0.2) is 0 Å². The van der Waals surface area contributed by atoms with Gasteiger partial charge < -0.3 is 0 Å². The average molecular weight is 646 g/mol. The van der Waals surface area contributed by atoms with Gasteiger partial charge in [0.1, 0.15) is 0 Å². The summed E-state index contributed by atoms with van der Waals surface area (Å²) in [6.07, 6.45) is 0. The fourth-order valence-electron chi connectivity index (χ4n) is 3.91. The molecular weight excluding hydrogens is 632 g/mol. The summed E-state index contributed by atoms with van der Waals surface area (Å²) in [6.45, 7) is 0. The Morgan fingerprint density at radius 2 is 0.405 bits per heavy atom. The maximum atomic E-state index is 6.13. The SMILES string of the molecule is Clc1ccc(-c2ccc(-c3ccc(-c4ccc(-c5ccc(-c6ccc(-c7ccc(Cl)s7)s6)s5)s4)s3)s2)s1. The van der Waals surface area contributed by atoms with Crippen molar-refractivity contribution in [2.45, 2.75) is 0 Å². The summed E-state index contributed by atoms with van der Waals surface area (Å²) >= 11 is 24.8. The lowest BCUT2D eigenvalue weighted by Crippen LogP contribution is -1.58. The van der Waals surface area contributed by atoms with Crippen LogP contribution in [0.2, 0.25) is 8.67 Å². The number of thiophene rings is 7. The molecule has 9 heteroatoms. The zero-order valence-electron chi connectivity index (χ0n) is 18.7. The second-order valence-corrected chi connectivity index (χ2v) is 16.9. The number of hydrogen-bond donors (Lipinski definition) is 0. The van der Waals surface area contributed by atoms with Crippen LogP contribution < -0.4 is 0 Å². The topological polar surface area (TPSA) is 0 Å². The normalized spacial score (nSPS) is 11.5. The highest BCUT2D eigenvalue weighted by molar-refractivity contribution is 7.31. The second-order valence-electron chi connectivity index (χ2n) is 8.03. The molecule has 0 atom stereocenters. The van der Waals surface area contributed by atoms with E-state index in [0.29, 0.717) is 0 Å². The summed E-state index contributed by atoms with van der Waals surface area (Å²) in [5.41, 5.74) is 0. The maximum Gasteiger partial charge on any atom is 0.0935 e. The van der Waals surface area contributed by atoms with Gasteiger partial charge in [0.15, 0.2) is 0 Å². The quantitative estimate of drug-likeness (QED) is 0.169. The minimum Gasteiger partial charge on any atom is -0.134 e. The van der Waals surface area contributed by atoms with Gasteiger partial charge in [-0.25, -0.2) is 0 Å². The highest BCUT2D eigenvalue weighted by Gasteiger charge is 2.14. The molecule has 0 amide bonds. The van der Waals surface area contributed by atoms with E-state index in [4.69, 9.17) is 23.2 Å². The molecule has 0 nitrogen and oxygen atoms in total. The minimum atomic E-state index is 0.832. The molecule has 0 unspecified atom stereocenters. The molecular formula is C28H14Cl2S7. The molecule has 0 saturated heterocycles. The van der Waals surface area contributed by atoms with Crippen molar-refractivity contribution in [1.29, 1.82) is 0 Å². The van der Waals surface area contributed by atoms with E-state index in [1.54, 1.807) is 22.7 Å². The first-order valence-corrected chi connectivity index (χ1v) is 17.6. The van der Waals surface area contributed by atoms with Gasteiger partial charge in [-0.1, -0.05) is 23.2 Å². The Morgan fingerprint density at radius 3 is 0.568 bits per heavy atom. The van der Waals surface area contributed by atoms with Gasteiger partial charge in [0.2, 0.25) is 0 Å². The standard InChI is InChI=1S/C28H14Cl2S7/c29-27-13-11-25(36-27)23-9-7-21(34-23)19-5-3-17(32-19)15-1-2-16(31-15)18-4-6-20(33-18)22-8-10-24(35-22)26-12-14-28(30)37-26/h1-14H. The van der Waals surface area contributed by atoms with Crippen molar-refractivity contribution in [2.75, 3.05) is 0 Å². The van der Waals surface area contributed by atoms with Crippen LogP contribution in [0.15, 0.2) is 84.9 Å². The fourth-order valence-corrected chi connectivity index (χ4v) is 11.6. The van der Waals surface area contributed by atoms with Crippen LogP contribution in [-0.2, 0) is 0 Å². The van der Waals surface area contributed by atoms with Crippen molar-refractivity contribution in [3.63, 3.8) is 0 Å². The van der Waals surface area contributed by atoms with Crippen LogP contribution in [0.1, 0.15) is 0 Å². The van der Waals surface area contributed by atoms with E-state index in [1.165, 1.54) is 58.5 Å². The van der Waals surface area contributed by atoms with Gasteiger partial charge in [0.25, 0.3) is 0 Å². The average Bonchev–Trinajstić information content (AvgIpc) is 3.73. The Kier molecular flexibility index (Phi) is 6.78. The molecule has 0 saturated carbocycles. The van der Waals surface area contributed by atoms with Crippen LogP contribution in [0.4, 0.5) is 0 Å². The monoisotopic (exact) mass is 644 g/mol. The molecule has 0 aliphatic carbocycles. The molecule has 37 heavy (non-hydrogen) atoms. The first-order valence-electron chi connectivity index (χ1n) is 11.1. The lowest BCUT2D eigenvalue weighted by molar-refractivity contribution is 1.89. The van der Waals surface area contributed by atoms with Crippen molar-refractivity contribution in [3.05, 3.63) is 93.6 Å². The van der Waals surface area contributed by atoms with Gasteiger partial charge in [-0.3, -0.25) is 0 Å². The third-order valence-corrected chi connectivity index (χ3v) is 14.7. The number of halogens is 2. The molecule has 0 bridgehead atoms. The third kappa shape index (κ3) is 4.98. The molecule has 0 aliphatic heterocycles. The fraction of sp³-hybridized carbons (Fsp3) is 0. The maximum absolute atomic E-state index is 6.13. The molecule has 7 heterocycles. The Morgan fingerprint density at radius 1 is 0.243 bits per heavy atom. The Labute approximate surface area is 252 Å². The van der Waals surface area contributed by atoms with E-state index in [1.807, 2.05) is 68.8 Å². The second kappa shape index (κ2) is 10.2. The molecule has 0 radical (unpaired) electrons. The van der Waals surface area contributed by atoms with Gasteiger partial charge in [0.05, 0.1) is 8.67 Å². The molecule has 7 aromatic heterocycles. The Balaban J connectivity index is 1.10. The van der Waals surface area contributed by atoms with E-state index in [9.17, 15) is 0 Å². The smallest absolute Gasteiger partial charge is 0.0935 e. The van der Waals surface area contributed by atoms with Crippen molar-refractivity contribution in [1.82, 2.24) is 0 Å². The van der Waals surface area contributed by atoms with E-state index in [0.717, 1.165) is 8.67 Å². The van der Waals surface area contributed by atoms with Crippen molar-refractivity contribution >= 4 is 103 Å². The lowest BCUT2D eigenvalue weighted by atomic mass is 10.3. The largest absolute Gasteiger partial charge is 0.134 e. The van der Waals surface area contributed by atoms with Crippen LogP contribution in [0.3, 0.4) is 0 Å². The molecule has 0 aromatic carbocycles. The highest BCUT2D eigenvalue weighted by Crippen LogP contribution is 2.47. The van der Waals surface area contributed by atoms with Gasteiger partial charge in [0, 0.05) is 58.5 Å². The first kappa shape index (κ1) is 24.5.